The highest BCUT2D eigenvalue weighted by molar-refractivity contribution is 7.91. The van der Waals surface area contributed by atoms with E-state index < -0.39 is 15.4 Å². The standard InChI is InChI=1S/C15H16FNO3S2/c1-9-11-4-3-10(16)7-12(11)21-13(9)14(18)17-15(2)5-6-22(19,20)8-15/h3-4,7H,5-6,8H2,1-2H3,(H,17,18). The lowest BCUT2D eigenvalue weighted by Gasteiger charge is -2.23. The number of hydrogen-bond donors (Lipinski definition) is 1. The molecule has 0 radical (unpaired) electrons. The van der Waals surface area contributed by atoms with Crippen LogP contribution in [-0.2, 0) is 9.84 Å². The molecule has 118 valence electrons. The molecule has 1 amide bonds. The molecule has 2 heterocycles. The van der Waals surface area contributed by atoms with Crippen LogP contribution in [0.1, 0.15) is 28.6 Å². The molecule has 0 aliphatic carbocycles. The van der Waals surface area contributed by atoms with E-state index in [0.717, 1.165) is 10.9 Å². The van der Waals surface area contributed by atoms with Crippen molar-refractivity contribution in [3.8, 4) is 0 Å². The van der Waals surface area contributed by atoms with Gasteiger partial charge < -0.3 is 5.32 Å². The third kappa shape index (κ3) is 2.75. The minimum Gasteiger partial charge on any atom is -0.345 e. The lowest BCUT2D eigenvalue weighted by Crippen LogP contribution is -2.46. The van der Waals surface area contributed by atoms with Gasteiger partial charge in [-0.1, -0.05) is 6.07 Å². The maximum Gasteiger partial charge on any atom is 0.262 e. The normalized spacial score (nSPS) is 23.8. The van der Waals surface area contributed by atoms with Crippen LogP contribution < -0.4 is 5.32 Å². The van der Waals surface area contributed by atoms with E-state index in [1.54, 1.807) is 13.0 Å². The number of sulfone groups is 1. The summed E-state index contributed by atoms with van der Waals surface area (Å²) >= 11 is 1.23. The predicted molar refractivity (Wildman–Crippen MR) is 85.7 cm³/mol. The minimum atomic E-state index is -3.08. The number of rotatable bonds is 2. The Morgan fingerprint density at radius 3 is 2.77 bits per heavy atom. The number of benzene rings is 1. The summed E-state index contributed by atoms with van der Waals surface area (Å²) in [6, 6.07) is 4.44. The number of hydrogen-bond acceptors (Lipinski definition) is 4. The van der Waals surface area contributed by atoms with Gasteiger partial charge in [-0.2, -0.15) is 0 Å². The molecule has 3 rings (SSSR count). The van der Waals surface area contributed by atoms with Crippen molar-refractivity contribution in [1.29, 1.82) is 0 Å². The van der Waals surface area contributed by atoms with Crippen LogP contribution in [0.15, 0.2) is 18.2 Å². The molecule has 1 atom stereocenters. The van der Waals surface area contributed by atoms with E-state index in [4.69, 9.17) is 0 Å². The SMILES string of the molecule is Cc1c(C(=O)NC2(C)CCS(=O)(=O)C2)sc2cc(F)ccc12. The molecule has 7 heteroatoms. The van der Waals surface area contributed by atoms with Gasteiger partial charge in [0.05, 0.1) is 21.9 Å². The molecule has 1 aliphatic rings. The molecule has 0 bridgehead atoms. The predicted octanol–water partition coefficient (Wildman–Crippen LogP) is 2.66. The Morgan fingerprint density at radius 2 is 2.14 bits per heavy atom. The fraction of sp³-hybridized carbons (Fsp3) is 0.400. The Hall–Kier alpha value is -1.47. The molecule has 2 aromatic rings. The number of carbonyl (C=O) groups excluding carboxylic acids is 1. The van der Waals surface area contributed by atoms with Crippen molar-refractivity contribution in [2.45, 2.75) is 25.8 Å². The monoisotopic (exact) mass is 341 g/mol. The Labute approximate surface area is 132 Å². The molecule has 4 nitrogen and oxygen atoms in total. The molecule has 1 N–H and O–H groups in total. The maximum absolute atomic E-state index is 13.3. The van der Waals surface area contributed by atoms with E-state index >= 15 is 0 Å². The van der Waals surface area contributed by atoms with Gasteiger partial charge in [0.2, 0.25) is 0 Å². The van der Waals surface area contributed by atoms with Gasteiger partial charge in [-0.25, -0.2) is 12.8 Å². The van der Waals surface area contributed by atoms with Crippen molar-refractivity contribution >= 4 is 37.2 Å². The molecular formula is C15H16FNO3S2. The number of amides is 1. The topological polar surface area (TPSA) is 63.2 Å². The molecule has 1 unspecified atom stereocenters. The molecule has 22 heavy (non-hydrogen) atoms. The van der Waals surface area contributed by atoms with Crippen molar-refractivity contribution in [2.75, 3.05) is 11.5 Å². The van der Waals surface area contributed by atoms with Crippen LogP contribution in [0.25, 0.3) is 10.1 Å². The zero-order valence-corrected chi connectivity index (χ0v) is 13.9. The van der Waals surface area contributed by atoms with Gasteiger partial charge in [0.15, 0.2) is 9.84 Å². The van der Waals surface area contributed by atoms with E-state index in [9.17, 15) is 17.6 Å². The Morgan fingerprint density at radius 1 is 1.41 bits per heavy atom. The first-order valence-electron chi connectivity index (χ1n) is 6.91. The number of thiophene rings is 1. The summed E-state index contributed by atoms with van der Waals surface area (Å²) in [6.07, 6.45) is 0.416. The first-order valence-corrected chi connectivity index (χ1v) is 9.55. The van der Waals surface area contributed by atoms with Gasteiger partial charge in [0.1, 0.15) is 5.82 Å². The summed E-state index contributed by atoms with van der Waals surface area (Å²) in [5.74, 6) is -0.571. The third-order valence-corrected chi connectivity index (χ3v) is 7.18. The number of fused-ring (bicyclic) bond motifs is 1. The number of aryl methyl sites for hydroxylation is 1. The highest BCUT2D eigenvalue weighted by Gasteiger charge is 2.40. The van der Waals surface area contributed by atoms with E-state index in [0.29, 0.717) is 16.0 Å². The molecule has 1 saturated heterocycles. The summed E-state index contributed by atoms with van der Waals surface area (Å²) in [5, 5.41) is 3.69. The van der Waals surface area contributed by atoms with Gasteiger partial charge in [-0.15, -0.1) is 11.3 Å². The second-order valence-corrected chi connectivity index (χ2v) is 9.29. The average Bonchev–Trinajstić information content (AvgIpc) is 2.86. The van der Waals surface area contributed by atoms with Gasteiger partial charge >= 0.3 is 0 Å². The number of nitrogens with one attached hydrogen (secondary N) is 1. The van der Waals surface area contributed by atoms with Crippen LogP contribution in [0.2, 0.25) is 0 Å². The highest BCUT2D eigenvalue weighted by atomic mass is 32.2. The Balaban J connectivity index is 1.91. The van der Waals surface area contributed by atoms with Gasteiger partial charge in [0, 0.05) is 4.70 Å². The first kappa shape index (κ1) is 15.4. The van der Waals surface area contributed by atoms with E-state index in [1.165, 1.54) is 23.5 Å². The van der Waals surface area contributed by atoms with Crippen LogP contribution in [0, 0.1) is 12.7 Å². The molecule has 1 aliphatic heterocycles. The second kappa shape index (κ2) is 5.03. The van der Waals surface area contributed by atoms with E-state index in [1.807, 2.05) is 6.92 Å². The van der Waals surface area contributed by atoms with Crippen LogP contribution >= 0.6 is 11.3 Å². The van der Waals surface area contributed by atoms with E-state index in [-0.39, 0.29) is 23.2 Å². The molecule has 1 aromatic carbocycles. The zero-order chi connectivity index (χ0) is 16.1. The minimum absolute atomic E-state index is 0.0374. The zero-order valence-electron chi connectivity index (χ0n) is 12.3. The maximum atomic E-state index is 13.3. The first-order chi connectivity index (χ1) is 10.2. The van der Waals surface area contributed by atoms with E-state index in [2.05, 4.69) is 5.32 Å². The Kier molecular flexibility index (Phi) is 3.52. The van der Waals surface area contributed by atoms with Crippen LogP contribution in [0.3, 0.4) is 0 Å². The van der Waals surface area contributed by atoms with Crippen molar-refractivity contribution in [3.05, 3.63) is 34.5 Å². The van der Waals surface area contributed by atoms with Gasteiger partial charge in [-0.05, 0) is 43.4 Å². The summed E-state index contributed by atoms with van der Waals surface area (Å²) in [5.41, 5.74) is 0.0611. The van der Waals surface area contributed by atoms with Crippen molar-refractivity contribution in [1.82, 2.24) is 5.32 Å². The fourth-order valence-corrected chi connectivity index (χ4v) is 6.08. The van der Waals surface area contributed by atoms with Gasteiger partial charge in [0.25, 0.3) is 5.91 Å². The molecule has 1 fully saturated rings. The van der Waals surface area contributed by atoms with Crippen molar-refractivity contribution < 1.29 is 17.6 Å². The highest BCUT2D eigenvalue weighted by Crippen LogP contribution is 2.32. The largest absolute Gasteiger partial charge is 0.345 e. The van der Waals surface area contributed by atoms with Gasteiger partial charge in [-0.3, -0.25) is 4.79 Å². The molecule has 0 spiro atoms. The van der Waals surface area contributed by atoms with Crippen molar-refractivity contribution in [3.63, 3.8) is 0 Å². The fourth-order valence-electron chi connectivity index (χ4n) is 2.86. The van der Waals surface area contributed by atoms with Crippen LogP contribution in [-0.4, -0.2) is 31.4 Å². The number of halogens is 1. The summed E-state index contributed by atoms with van der Waals surface area (Å²) in [4.78, 5) is 13.0. The summed E-state index contributed by atoms with van der Waals surface area (Å²) < 4.78 is 37.2. The van der Waals surface area contributed by atoms with Crippen molar-refractivity contribution in [2.24, 2.45) is 0 Å². The smallest absolute Gasteiger partial charge is 0.262 e. The third-order valence-electron chi connectivity index (χ3n) is 4.03. The average molecular weight is 341 g/mol. The summed E-state index contributed by atoms with van der Waals surface area (Å²) in [7, 11) is -3.08. The molecular weight excluding hydrogens is 325 g/mol. The molecule has 1 aromatic heterocycles. The Bertz CT molecular complexity index is 872. The lowest BCUT2D eigenvalue weighted by atomic mass is 10.0. The summed E-state index contributed by atoms with van der Waals surface area (Å²) in [6.45, 7) is 3.57. The second-order valence-electron chi connectivity index (χ2n) is 6.05. The lowest BCUT2D eigenvalue weighted by molar-refractivity contribution is 0.0919. The molecule has 0 saturated carbocycles. The number of carbonyl (C=O) groups is 1. The van der Waals surface area contributed by atoms with Crippen LogP contribution in [0.4, 0.5) is 4.39 Å². The van der Waals surface area contributed by atoms with Crippen LogP contribution in [0.5, 0.6) is 0 Å². The quantitative estimate of drug-likeness (QED) is 0.913.